The Labute approximate surface area is 64.5 Å². The standard InChI is InChI=1S/C4H7FO.Na/c1-2-4(5)3-6;/h3,6H,2H2,1H3;/q;+1/p-1/b4-3-;. The second kappa shape index (κ2) is 6.47. The van der Waals surface area contributed by atoms with E-state index in [-0.39, 0.29) is 42.2 Å². The van der Waals surface area contributed by atoms with Crippen LogP contribution >= 0.6 is 0 Å². The molecule has 0 aromatic heterocycles. The van der Waals surface area contributed by atoms with Crippen LogP contribution in [-0.4, -0.2) is 0 Å². The van der Waals surface area contributed by atoms with Crippen LogP contribution in [0.1, 0.15) is 13.3 Å². The van der Waals surface area contributed by atoms with E-state index in [9.17, 15) is 9.50 Å². The fourth-order valence-electron chi connectivity index (χ4n) is 0.0833. The van der Waals surface area contributed by atoms with E-state index in [1.165, 1.54) is 0 Å². The van der Waals surface area contributed by atoms with E-state index >= 15 is 0 Å². The molecule has 0 aliphatic rings. The van der Waals surface area contributed by atoms with Crippen molar-refractivity contribution in [1.82, 2.24) is 0 Å². The van der Waals surface area contributed by atoms with Gasteiger partial charge in [0.1, 0.15) is 0 Å². The third kappa shape index (κ3) is 6.47. The molecule has 0 spiro atoms. The maximum absolute atomic E-state index is 11.4. The Balaban J connectivity index is 0. The molecular formula is C4H6FNaO. The van der Waals surface area contributed by atoms with E-state index in [0.717, 1.165) is 0 Å². The molecule has 0 N–H and O–H groups in total. The van der Waals surface area contributed by atoms with E-state index in [4.69, 9.17) is 0 Å². The number of hydrogen-bond donors (Lipinski definition) is 0. The molecule has 0 atom stereocenters. The molecule has 3 heteroatoms. The smallest absolute Gasteiger partial charge is 0.876 e. The molecule has 0 radical (unpaired) electrons. The maximum Gasteiger partial charge on any atom is 1.00 e. The summed E-state index contributed by atoms with van der Waals surface area (Å²) in [7, 11) is 0. The Bertz CT molecular complexity index is 62.7. The van der Waals surface area contributed by atoms with Gasteiger partial charge in [-0.25, -0.2) is 4.39 Å². The fourth-order valence-corrected chi connectivity index (χ4v) is 0.0833. The molecule has 0 amide bonds. The molecule has 0 bridgehead atoms. The van der Waals surface area contributed by atoms with Crippen LogP contribution in [0.4, 0.5) is 4.39 Å². The zero-order chi connectivity index (χ0) is 4.99. The van der Waals surface area contributed by atoms with Crippen molar-refractivity contribution in [2.45, 2.75) is 13.3 Å². The van der Waals surface area contributed by atoms with Crippen molar-refractivity contribution >= 4 is 0 Å². The van der Waals surface area contributed by atoms with Crippen LogP contribution in [0.15, 0.2) is 12.1 Å². The van der Waals surface area contributed by atoms with E-state index < -0.39 is 5.83 Å². The van der Waals surface area contributed by atoms with Crippen molar-refractivity contribution in [3.8, 4) is 0 Å². The van der Waals surface area contributed by atoms with Gasteiger partial charge in [0.2, 0.25) is 0 Å². The molecule has 1 nitrogen and oxygen atoms in total. The minimum Gasteiger partial charge on any atom is -0.876 e. The van der Waals surface area contributed by atoms with Crippen molar-refractivity contribution in [1.29, 1.82) is 0 Å². The minimum absolute atomic E-state index is 0. The van der Waals surface area contributed by atoms with Crippen molar-refractivity contribution in [3.63, 3.8) is 0 Å². The summed E-state index contributed by atoms with van der Waals surface area (Å²) in [6, 6.07) is 0. The molecule has 0 aromatic carbocycles. The number of allylic oxidation sites excluding steroid dienone is 1. The monoisotopic (exact) mass is 112 g/mol. The Kier molecular flexibility index (Phi) is 9.66. The van der Waals surface area contributed by atoms with Gasteiger partial charge in [-0.3, -0.25) is 0 Å². The van der Waals surface area contributed by atoms with Crippen LogP contribution in [0, 0.1) is 0 Å². The predicted molar refractivity (Wildman–Crippen MR) is 19.5 cm³/mol. The summed E-state index contributed by atoms with van der Waals surface area (Å²) in [4.78, 5) is 0. The summed E-state index contributed by atoms with van der Waals surface area (Å²) in [5.74, 6) is -0.588. The normalized spacial score (nSPS) is 10.3. The quantitative estimate of drug-likeness (QED) is 0.273. The zero-order valence-corrected chi connectivity index (χ0v) is 6.57. The molecule has 0 saturated carbocycles. The summed E-state index contributed by atoms with van der Waals surface area (Å²) in [6.07, 6.45) is 0.434. The molecule has 0 aliphatic carbocycles. The topological polar surface area (TPSA) is 23.1 Å². The average molecular weight is 112 g/mol. The first-order valence-corrected chi connectivity index (χ1v) is 1.77. The Hall–Kier alpha value is 0.470. The SMILES string of the molecule is CC/C(F)=C/[O-].[Na+]. The number of halogens is 1. The first kappa shape index (κ1) is 10.5. The summed E-state index contributed by atoms with van der Waals surface area (Å²) in [5.41, 5.74) is 0. The third-order valence-electron chi connectivity index (χ3n) is 0.466. The molecule has 0 rings (SSSR count). The van der Waals surface area contributed by atoms with Crippen LogP contribution in [-0.2, 0) is 0 Å². The number of rotatable bonds is 1. The first-order valence-electron chi connectivity index (χ1n) is 1.77. The van der Waals surface area contributed by atoms with Gasteiger partial charge in [0.15, 0.2) is 0 Å². The number of hydrogen-bond acceptors (Lipinski definition) is 1. The minimum atomic E-state index is -0.588. The molecular weight excluding hydrogens is 106 g/mol. The molecule has 7 heavy (non-hydrogen) atoms. The van der Waals surface area contributed by atoms with Gasteiger partial charge in [0, 0.05) is 0 Å². The molecule has 0 aromatic rings. The largest absolute Gasteiger partial charge is 1.00 e. The molecule has 0 unspecified atom stereocenters. The van der Waals surface area contributed by atoms with Crippen LogP contribution < -0.4 is 34.7 Å². The van der Waals surface area contributed by atoms with Crippen LogP contribution in [0.5, 0.6) is 0 Å². The first-order chi connectivity index (χ1) is 2.81. The summed E-state index contributed by atoms with van der Waals surface area (Å²) < 4.78 is 11.4. The summed E-state index contributed by atoms with van der Waals surface area (Å²) in [6.45, 7) is 1.59. The molecule has 0 fully saturated rings. The van der Waals surface area contributed by atoms with Crippen molar-refractivity contribution < 1.29 is 39.1 Å². The molecule has 0 saturated heterocycles. The predicted octanol–water partition coefficient (Wildman–Crippen LogP) is -2.43. The Morgan fingerprint density at radius 3 is 2.29 bits per heavy atom. The fraction of sp³-hybridized carbons (Fsp3) is 0.500. The molecule has 36 valence electrons. The van der Waals surface area contributed by atoms with Crippen molar-refractivity contribution in [2.24, 2.45) is 0 Å². The van der Waals surface area contributed by atoms with E-state index in [2.05, 4.69) is 0 Å². The second-order valence-corrected chi connectivity index (χ2v) is 0.918. The van der Waals surface area contributed by atoms with Crippen LogP contribution in [0.3, 0.4) is 0 Å². The van der Waals surface area contributed by atoms with Gasteiger partial charge in [0.25, 0.3) is 0 Å². The van der Waals surface area contributed by atoms with Gasteiger partial charge in [-0.2, -0.15) is 0 Å². The van der Waals surface area contributed by atoms with Gasteiger partial charge in [-0.1, -0.05) is 6.92 Å². The summed E-state index contributed by atoms with van der Waals surface area (Å²) >= 11 is 0. The van der Waals surface area contributed by atoms with Gasteiger partial charge in [0.05, 0.1) is 5.83 Å². The van der Waals surface area contributed by atoms with Crippen molar-refractivity contribution in [2.75, 3.05) is 0 Å². The van der Waals surface area contributed by atoms with E-state index in [1.807, 2.05) is 0 Å². The van der Waals surface area contributed by atoms with Gasteiger partial charge in [-0.05, 0) is 6.42 Å². The average Bonchev–Trinajstić information content (AvgIpc) is 1.65. The zero-order valence-electron chi connectivity index (χ0n) is 4.57. The van der Waals surface area contributed by atoms with Gasteiger partial charge in [-0.15, -0.1) is 6.26 Å². The van der Waals surface area contributed by atoms with Crippen molar-refractivity contribution in [3.05, 3.63) is 12.1 Å². The Morgan fingerprint density at radius 1 is 1.86 bits per heavy atom. The Morgan fingerprint density at radius 2 is 2.29 bits per heavy atom. The van der Waals surface area contributed by atoms with Gasteiger partial charge < -0.3 is 5.11 Å². The van der Waals surface area contributed by atoms with Crippen LogP contribution in [0.2, 0.25) is 0 Å². The molecule has 0 aliphatic heterocycles. The third-order valence-corrected chi connectivity index (χ3v) is 0.466. The summed E-state index contributed by atoms with van der Waals surface area (Å²) in [5, 5.41) is 9.32. The molecule has 0 heterocycles. The van der Waals surface area contributed by atoms with E-state index in [1.54, 1.807) is 6.92 Å². The van der Waals surface area contributed by atoms with Crippen LogP contribution in [0.25, 0.3) is 0 Å². The second-order valence-electron chi connectivity index (χ2n) is 0.918. The maximum atomic E-state index is 11.4. The van der Waals surface area contributed by atoms with Gasteiger partial charge >= 0.3 is 29.6 Å². The van der Waals surface area contributed by atoms with E-state index in [0.29, 0.717) is 0 Å².